The summed E-state index contributed by atoms with van der Waals surface area (Å²) in [7, 11) is 0. The molecule has 0 saturated carbocycles. The van der Waals surface area contributed by atoms with Crippen molar-refractivity contribution >= 4 is 75.9 Å². The average Bonchev–Trinajstić information content (AvgIpc) is 3.52. The number of carbonyl (C=O) groups is 3. The van der Waals surface area contributed by atoms with E-state index in [1.54, 1.807) is 0 Å². The first-order valence-electron chi connectivity index (χ1n) is 9.72. The SMILES string of the molecule is CCOCSC(C(=O)NC1C(=O)N2C(C(=O)O)=C(CSc3nnns3)CSC12)c1cccs1. The molecule has 176 valence electrons. The van der Waals surface area contributed by atoms with Gasteiger partial charge in [-0.15, -0.1) is 40.0 Å². The van der Waals surface area contributed by atoms with Crippen LogP contribution in [0.4, 0.5) is 0 Å². The Morgan fingerprint density at radius 3 is 2.97 bits per heavy atom. The second kappa shape index (κ2) is 11.2. The van der Waals surface area contributed by atoms with Gasteiger partial charge in [-0.3, -0.25) is 14.5 Å². The van der Waals surface area contributed by atoms with Crippen molar-refractivity contribution in [1.82, 2.24) is 25.0 Å². The van der Waals surface area contributed by atoms with Gasteiger partial charge >= 0.3 is 5.97 Å². The molecule has 1 saturated heterocycles. The number of ether oxygens (including phenoxy) is 1. The molecule has 3 atom stereocenters. The summed E-state index contributed by atoms with van der Waals surface area (Å²) in [5.74, 6) is -0.701. The molecule has 2 aliphatic heterocycles. The highest BCUT2D eigenvalue weighted by Crippen LogP contribution is 2.42. The number of aliphatic carboxylic acids is 1. The maximum absolute atomic E-state index is 13.1. The van der Waals surface area contributed by atoms with Gasteiger partial charge in [0, 0.05) is 34.5 Å². The Hall–Kier alpha value is -1.65. The molecule has 3 unspecified atom stereocenters. The minimum Gasteiger partial charge on any atom is -0.477 e. The third-order valence-electron chi connectivity index (χ3n) is 4.76. The molecule has 0 radical (unpaired) electrons. The van der Waals surface area contributed by atoms with E-state index in [4.69, 9.17) is 4.74 Å². The third-order valence-corrected chi connectivity index (χ3v) is 10.1. The van der Waals surface area contributed by atoms with Crippen molar-refractivity contribution < 1.29 is 24.2 Å². The van der Waals surface area contributed by atoms with Crippen LogP contribution >= 0.6 is 58.2 Å². The minimum absolute atomic E-state index is 0.0141. The summed E-state index contributed by atoms with van der Waals surface area (Å²) in [6, 6.07) is 2.98. The number of carbonyl (C=O) groups excluding carboxylic acids is 2. The van der Waals surface area contributed by atoms with Crippen LogP contribution in [-0.4, -0.2) is 78.1 Å². The van der Waals surface area contributed by atoms with Crippen molar-refractivity contribution in [2.45, 2.75) is 27.9 Å². The molecule has 2 aliphatic rings. The number of aromatic nitrogens is 3. The van der Waals surface area contributed by atoms with Gasteiger partial charge in [0.1, 0.15) is 22.4 Å². The number of fused-ring (bicyclic) bond motifs is 1. The van der Waals surface area contributed by atoms with Crippen molar-refractivity contribution in [2.24, 2.45) is 0 Å². The van der Waals surface area contributed by atoms with Crippen LogP contribution in [0.2, 0.25) is 0 Å². The quantitative estimate of drug-likeness (QED) is 0.186. The lowest BCUT2D eigenvalue weighted by molar-refractivity contribution is -0.150. The molecule has 1 fully saturated rings. The number of thiophene rings is 1. The number of nitrogens with zero attached hydrogens (tertiary/aromatic N) is 4. The smallest absolute Gasteiger partial charge is 0.352 e. The predicted octanol–water partition coefficient (Wildman–Crippen LogP) is 2.29. The molecule has 33 heavy (non-hydrogen) atoms. The summed E-state index contributed by atoms with van der Waals surface area (Å²) in [4.78, 5) is 40.1. The Kier molecular flexibility index (Phi) is 8.29. The van der Waals surface area contributed by atoms with Crippen LogP contribution in [0.1, 0.15) is 17.1 Å². The first-order chi connectivity index (χ1) is 16.0. The normalized spacial score (nSPS) is 20.9. The van der Waals surface area contributed by atoms with Gasteiger partial charge < -0.3 is 15.2 Å². The molecule has 2 amide bonds. The maximum Gasteiger partial charge on any atom is 0.352 e. The molecule has 15 heteroatoms. The fourth-order valence-electron chi connectivity index (χ4n) is 3.28. The molecule has 2 aromatic rings. The predicted molar refractivity (Wildman–Crippen MR) is 129 cm³/mol. The average molecular weight is 546 g/mol. The number of amides is 2. The van der Waals surface area contributed by atoms with E-state index in [9.17, 15) is 19.5 Å². The highest BCUT2D eigenvalue weighted by atomic mass is 32.2. The van der Waals surface area contributed by atoms with Gasteiger partial charge in [0.2, 0.25) is 5.91 Å². The van der Waals surface area contributed by atoms with Crippen molar-refractivity contribution in [2.75, 3.05) is 24.1 Å². The lowest BCUT2D eigenvalue weighted by atomic mass is 10.0. The molecule has 4 rings (SSSR count). The van der Waals surface area contributed by atoms with E-state index in [0.29, 0.717) is 34.0 Å². The lowest BCUT2D eigenvalue weighted by Crippen LogP contribution is -2.70. The van der Waals surface area contributed by atoms with Crippen LogP contribution in [0.25, 0.3) is 0 Å². The van der Waals surface area contributed by atoms with Crippen molar-refractivity contribution in [1.29, 1.82) is 0 Å². The second-order valence-electron chi connectivity index (χ2n) is 6.74. The van der Waals surface area contributed by atoms with E-state index in [2.05, 4.69) is 20.1 Å². The number of rotatable bonds is 11. The van der Waals surface area contributed by atoms with Gasteiger partial charge in [0.15, 0.2) is 4.34 Å². The van der Waals surface area contributed by atoms with E-state index < -0.39 is 28.5 Å². The van der Waals surface area contributed by atoms with E-state index >= 15 is 0 Å². The van der Waals surface area contributed by atoms with E-state index in [-0.39, 0.29) is 11.6 Å². The van der Waals surface area contributed by atoms with Crippen molar-refractivity contribution in [3.05, 3.63) is 33.7 Å². The first kappa shape index (κ1) is 24.5. The minimum atomic E-state index is -1.16. The Bertz CT molecular complexity index is 1030. The second-order valence-corrected chi connectivity index (χ2v) is 11.8. The number of β-lactam (4-membered cyclic amide) rings is 1. The van der Waals surface area contributed by atoms with Gasteiger partial charge in [-0.05, 0) is 29.2 Å². The zero-order valence-corrected chi connectivity index (χ0v) is 21.3. The Labute approximate surface area is 210 Å². The van der Waals surface area contributed by atoms with Gasteiger partial charge in [-0.1, -0.05) is 22.3 Å². The van der Waals surface area contributed by atoms with Crippen LogP contribution < -0.4 is 5.32 Å². The van der Waals surface area contributed by atoms with E-state index in [0.717, 1.165) is 16.4 Å². The molecular weight excluding hydrogens is 527 g/mol. The van der Waals surface area contributed by atoms with Crippen molar-refractivity contribution in [3.63, 3.8) is 0 Å². The van der Waals surface area contributed by atoms with E-state index in [1.807, 2.05) is 24.4 Å². The van der Waals surface area contributed by atoms with Gasteiger partial charge in [0.25, 0.3) is 5.91 Å². The number of carboxylic acid groups (broad SMARTS) is 1. The number of thioether (sulfide) groups is 3. The zero-order valence-electron chi connectivity index (χ0n) is 17.2. The molecule has 0 spiro atoms. The maximum atomic E-state index is 13.1. The van der Waals surface area contributed by atoms with Crippen LogP contribution in [0.5, 0.6) is 0 Å². The molecular formula is C18H19N5O5S5. The summed E-state index contributed by atoms with van der Waals surface area (Å²) < 4.78 is 9.71. The third kappa shape index (κ3) is 5.38. The fourth-order valence-corrected chi connectivity index (χ4v) is 8.02. The summed E-state index contributed by atoms with van der Waals surface area (Å²) in [6.07, 6.45) is 0. The van der Waals surface area contributed by atoms with Gasteiger partial charge in [-0.25, -0.2) is 4.79 Å². The highest BCUT2D eigenvalue weighted by Gasteiger charge is 2.54. The number of hydrogen-bond acceptors (Lipinski definition) is 12. The summed E-state index contributed by atoms with van der Waals surface area (Å²) in [5.41, 5.74) is 0.616. The van der Waals surface area contributed by atoms with Crippen molar-refractivity contribution in [3.8, 4) is 0 Å². The van der Waals surface area contributed by atoms with Crippen LogP contribution in [-0.2, 0) is 19.1 Å². The Balaban J connectivity index is 1.45. The van der Waals surface area contributed by atoms with E-state index in [1.165, 1.54) is 51.5 Å². The van der Waals surface area contributed by atoms with Gasteiger partial charge in [0.05, 0.1) is 5.94 Å². The Morgan fingerprint density at radius 1 is 1.45 bits per heavy atom. The monoisotopic (exact) mass is 545 g/mol. The summed E-state index contributed by atoms with van der Waals surface area (Å²) in [5, 5.41) is 21.0. The molecule has 2 aromatic heterocycles. The van der Waals surface area contributed by atoms with Gasteiger partial charge in [-0.2, -0.15) is 0 Å². The molecule has 0 aromatic carbocycles. The van der Waals surface area contributed by atoms with Crippen LogP contribution in [0, 0.1) is 0 Å². The number of carboxylic acids is 1. The van der Waals surface area contributed by atoms with Crippen LogP contribution in [0.3, 0.4) is 0 Å². The zero-order chi connectivity index (χ0) is 23.4. The Morgan fingerprint density at radius 2 is 2.30 bits per heavy atom. The first-order valence-corrected chi connectivity index (χ1v) is 14.5. The molecule has 0 aliphatic carbocycles. The highest BCUT2D eigenvalue weighted by molar-refractivity contribution is 8.01. The molecule has 0 bridgehead atoms. The number of hydrogen-bond donors (Lipinski definition) is 2. The van der Waals surface area contributed by atoms with Crippen LogP contribution in [0.15, 0.2) is 33.1 Å². The molecule has 10 nitrogen and oxygen atoms in total. The largest absolute Gasteiger partial charge is 0.477 e. The topological polar surface area (TPSA) is 135 Å². The molecule has 4 heterocycles. The lowest BCUT2D eigenvalue weighted by Gasteiger charge is -2.49. The summed E-state index contributed by atoms with van der Waals surface area (Å²) >= 11 is 6.72. The summed E-state index contributed by atoms with van der Waals surface area (Å²) in [6.45, 7) is 2.43. The standard InChI is InChI=1S/C18H19N5O5S5/c1-2-28-8-32-13(10-4-3-5-29-10)14(24)19-11-15(25)23-12(17(26)27)9(6-30-16(11)23)7-31-18-20-21-22-33-18/h3-5,11,13,16H,2,6-8H2,1H3,(H,19,24)(H,26,27). The number of nitrogens with one attached hydrogen (secondary N) is 1. The fraction of sp³-hybridized carbons (Fsp3) is 0.444. The molecule has 2 N–H and O–H groups in total.